The minimum atomic E-state index is -1.15. The number of phenols is 1. The van der Waals surface area contributed by atoms with E-state index in [1.165, 1.54) is 12.1 Å². The van der Waals surface area contributed by atoms with Crippen LogP contribution in [0.1, 0.15) is 63.5 Å². The smallest absolute Gasteiger partial charge is 0.328 e. The summed E-state index contributed by atoms with van der Waals surface area (Å²) in [5.74, 6) is -1.14. The first-order valence-electron chi connectivity index (χ1n) is 14.9. The van der Waals surface area contributed by atoms with Crippen LogP contribution in [0.15, 0.2) is 71.5 Å². The van der Waals surface area contributed by atoms with Crippen LogP contribution in [-0.4, -0.2) is 51.8 Å². The normalized spacial score (nSPS) is 16.5. The second-order valence-corrected chi connectivity index (χ2v) is 11.3. The van der Waals surface area contributed by atoms with Gasteiger partial charge in [-0.3, -0.25) is 14.9 Å². The molecule has 0 aliphatic heterocycles. The monoisotopic (exact) mass is 598 g/mol. The van der Waals surface area contributed by atoms with Crippen LogP contribution in [-0.2, 0) is 23.3 Å². The number of hydrogen-bond acceptors (Lipinski definition) is 7. The lowest BCUT2D eigenvalue weighted by Crippen LogP contribution is -2.47. The second-order valence-electron chi connectivity index (χ2n) is 11.3. The molecule has 4 aromatic rings. The van der Waals surface area contributed by atoms with Crippen molar-refractivity contribution in [2.75, 3.05) is 19.6 Å². The number of aromatic amines is 1. The molecule has 2 atom stereocenters. The van der Waals surface area contributed by atoms with E-state index < -0.39 is 17.6 Å². The number of carboxylic acid groups (broad SMARTS) is 1. The van der Waals surface area contributed by atoms with E-state index in [1.807, 2.05) is 31.2 Å². The number of nitrogens with one attached hydrogen (secondary N) is 4. The number of carbonyl (C=O) groups is 2. The molecule has 0 saturated heterocycles. The van der Waals surface area contributed by atoms with E-state index in [4.69, 9.17) is 0 Å². The van der Waals surface area contributed by atoms with Crippen LogP contribution in [0.5, 0.6) is 5.75 Å². The maximum Gasteiger partial charge on any atom is 0.328 e. The first kappa shape index (κ1) is 30.9. The number of H-pyrrole nitrogens is 1. The fraction of sp³-hybridized carbons (Fsp3) is 0.324. The first-order valence-corrected chi connectivity index (χ1v) is 14.9. The number of aryl methyl sites for hydroxylation is 1. The number of benzene rings is 3. The molecule has 10 nitrogen and oxygen atoms in total. The third-order valence-corrected chi connectivity index (χ3v) is 8.44. The fourth-order valence-corrected chi connectivity index (χ4v) is 6.02. The highest BCUT2D eigenvalue weighted by Crippen LogP contribution is 2.39. The van der Waals surface area contributed by atoms with E-state index in [-0.39, 0.29) is 17.2 Å². The van der Waals surface area contributed by atoms with Crippen LogP contribution in [0.25, 0.3) is 10.9 Å². The maximum atomic E-state index is 12.8. The van der Waals surface area contributed by atoms with Gasteiger partial charge < -0.3 is 30.9 Å². The average Bonchev–Trinajstić information content (AvgIpc) is 3.41. The number of fused-ring (bicyclic) bond motifs is 2. The molecular formula is C34H38N4O6. The molecule has 1 aliphatic carbocycles. The summed E-state index contributed by atoms with van der Waals surface area (Å²) in [5, 5.41) is 40.9. The minimum absolute atomic E-state index is 0.0519. The Balaban J connectivity index is 1.06. The first-order chi connectivity index (χ1) is 21.2. The Morgan fingerprint density at radius 2 is 1.82 bits per heavy atom. The molecular weight excluding hydrogens is 560 g/mol. The zero-order valence-corrected chi connectivity index (χ0v) is 24.7. The summed E-state index contributed by atoms with van der Waals surface area (Å²) in [7, 11) is 0. The van der Waals surface area contributed by atoms with E-state index in [1.54, 1.807) is 30.3 Å². The highest BCUT2D eigenvalue weighted by atomic mass is 16.4. The summed E-state index contributed by atoms with van der Waals surface area (Å²) in [6.45, 7) is 3.73. The van der Waals surface area contributed by atoms with Gasteiger partial charge in [-0.05, 0) is 91.2 Å². The molecule has 3 aromatic carbocycles. The van der Waals surface area contributed by atoms with Crippen LogP contribution in [0.3, 0.4) is 0 Å². The van der Waals surface area contributed by atoms with Crippen LogP contribution < -0.4 is 21.5 Å². The highest BCUT2D eigenvalue weighted by molar-refractivity contribution is 5.94. The van der Waals surface area contributed by atoms with E-state index in [9.17, 15) is 29.7 Å². The number of aliphatic hydroxyl groups excluding tert-OH is 1. The summed E-state index contributed by atoms with van der Waals surface area (Å²) in [5.41, 5.74) is 3.77. The third kappa shape index (κ3) is 6.52. The lowest BCUT2D eigenvalue weighted by molar-refractivity contribution is -0.145. The van der Waals surface area contributed by atoms with Gasteiger partial charge >= 0.3 is 5.97 Å². The Kier molecular flexibility index (Phi) is 9.43. The van der Waals surface area contributed by atoms with Gasteiger partial charge in [0.25, 0.3) is 5.91 Å². The zero-order chi connectivity index (χ0) is 31.3. The molecule has 230 valence electrons. The fourth-order valence-electron chi connectivity index (χ4n) is 6.02. The molecule has 0 spiro atoms. The molecule has 7 N–H and O–H groups in total. The Bertz CT molecular complexity index is 1730. The van der Waals surface area contributed by atoms with Crippen molar-refractivity contribution in [1.82, 2.24) is 20.9 Å². The number of rotatable bonds is 13. The molecule has 0 saturated carbocycles. The van der Waals surface area contributed by atoms with E-state index in [0.29, 0.717) is 61.1 Å². The van der Waals surface area contributed by atoms with Crippen molar-refractivity contribution in [3.8, 4) is 5.75 Å². The van der Waals surface area contributed by atoms with Crippen LogP contribution >= 0.6 is 0 Å². The van der Waals surface area contributed by atoms with Crippen LogP contribution in [0.4, 0.5) is 0 Å². The van der Waals surface area contributed by atoms with Gasteiger partial charge in [-0.2, -0.15) is 0 Å². The molecule has 0 radical (unpaired) electrons. The van der Waals surface area contributed by atoms with Crippen molar-refractivity contribution in [1.29, 1.82) is 0 Å². The summed E-state index contributed by atoms with van der Waals surface area (Å²) >= 11 is 0. The Hall–Kier alpha value is -4.51. The minimum Gasteiger partial charge on any atom is -0.506 e. The van der Waals surface area contributed by atoms with E-state index in [0.717, 1.165) is 35.1 Å². The van der Waals surface area contributed by atoms with Gasteiger partial charge in [0.15, 0.2) is 0 Å². The van der Waals surface area contributed by atoms with E-state index >= 15 is 0 Å². The number of aromatic hydroxyl groups is 1. The van der Waals surface area contributed by atoms with Gasteiger partial charge in [0.2, 0.25) is 5.56 Å². The molecule has 1 heterocycles. The number of aliphatic hydroxyl groups is 1. The number of aromatic nitrogens is 1. The molecule has 5 rings (SSSR count). The Morgan fingerprint density at radius 3 is 2.64 bits per heavy atom. The Labute approximate surface area is 255 Å². The number of carbonyl (C=O) groups excluding carboxylic acids is 1. The number of phenolic OH excluding ortho intramolecular Hbond substituents is 1. The van der Waals surface area contributed by atoms with Gasteiger partial charge in [-0.15, -0.1) is 0 Å². The standard InChI is InChI=1S/C34H38N4O6/c1-21-6-4-9-27-24(21)14-15-34(27,33(43)44)37-19-22-7-5-8-23(18-22)32(42)36-17-3-2-16-35-20-29(40)25-10-12-28(39)31-26(25)11-13-30(41)38-31/h4-13,18,29,35,37,39-40H,2-3,14-17,19-20H2,1H3,(H,36,42)(H,38,41)(H,43,44). The van der Waals surface area contributed by atoms with Gasteiger partial charge in [-0.1, -0.05) is 36.4 Å². The van der Waals surface area contributed by atoms with Gasteiger partial charge in [0.05, 0.1) is 11.6 Å². The van der Waals surface area contributed by atoms with Crippen molar-refractivity contribution in [3.05, 3.63) is 110 Å². The molecule has 1 aliphatic rings. The topological polar surface area (TPSA) is 164 Å². The molecule has 0 bridgehead atoms. The summed E-state index contributed by atoms with van der Waals surface area (Å²) < 4.78 is 0. The zero-order valence-electron chi connectivity index (χ0n) is 24.7. The molecule has 0 fully saturated rings. The molecule has 1 aromatic heterocycles. The predicted octanol–water partition coefficient (Wildman–Crippen LogP) is 3.39. The summed E-state index contributed by atoms with van der Waals surface area (Å²) in [4.78, 5) is 39.4. The number of unbranched alkanes of at least 4 members (excludes halogenated alkanes) is 1. The lowest BCUT2D eigenvalue weighted by Gasteiger charge is -2.27. The number of pyridine rings is 1. The SMILES string of the molecule is Cc1cccc2c1CCC2(NCc1cccc(C(=O)NCCCCNCC(O)c2ccc(O)c3[nH]c(=O)ccc23)c1)C(=O)O. The van der Waals surface area contributed by atoms with Crippen LogP contribution in [0.2, 0.25) is 0 Å². The molecule has 10 heteroatoms. The number of carboxylic acids is 1. The summed E-state index contributed by atoms with van der Waals surface area (Å²) in [6, 6.07) is 19.0. The van der Waals surface area contributed by atoms with Crippen molar-refractivity contribution < 1.29 is 24.9 Å². The van der Waals surface area contributed by atoms with Gasteiger partial charge in [0.1, 0.15) is 11.3 Å². The third-order valence-electron chi connectivity index (χ3n) is 8.44. The maximum absolute atomic E-state index is 12.8. The number of amides is 1. The van der Waals surface area contributed by atoms with E-state index in [2.05, 4.69) is 20.9 Å². The average molecular weight is 599 g/mol. The van der Waals surface area contributed by atoms with Gasteiger partial charge in [-0.25, -0.2) is 4.79 Å². The molecule has 1 amide bonds. The van der Waals surface area contributed by atoms with Crippen molar-refractivity contribution in [2.24, 2.45) is 0 Å². The number of aliphatic carboxylic acids is 1. The lowest BCUT2D eigenvalue weighted by atomic mass is 9.90. The molecule has 44 heavy (non-hydrogen) atoms. The van der Waals surface area contributed by atoms with Crippen molar-refractivity contribution in [2.45, 2.75) is 50.8 Å². The largest absolute Gasteiger partial charge is 0.506 e. The van der Waals surface area contributed by atoms with Crippen LogP contribution in [0, 0.1) is 6.92 Å². The quantitative estimate of drug-likeness (QED) is 0.115. The summed E-state index contributed by atoms with van der Waals surface area (Å²) in [6.07, 6.45) is 1.87. The Morgan fingerprint density at radius 1 is 1.02 bits per heavy atom. The van der Waals surface area contributed by atoms with Crippen molar-refractivity contribution >= 4 is 22.8 Å². The highest BCUT2D eigenvalue weighted by Gasteiger charge is 2.45. The second kappa shape index (κ2) is 13.4. The van der Waals surface area contributed by atoms with Gasteiger partial charge in [0, 0.05) is 36.7 Å². The van der Waals surface area contributed by atoms with Crippen molar-refractivity contribution in [3.63, 3.8) is 0 Å². The predicted molar refractivity (Wildman–Crippen MR) is 168 cm³/mol. The number of hydrogen-bond donors (Lipinski definition) is 7. The molecule has 2 unspecified atom stereocenters.